The maximum Gasteiger partial charge on any atom is 0.341 e. The first-order valence-corrected chi connectivity index (χ1v) is 13.9. The van der Waals surface area contributed by atoms with Gasteiger partial charge in [-0.1, -0.05) is 37.5 Å². The summed E-state index contributed by atoms with van der Waals surface area (Å²) in [5.74, 6) is 6.83. The summed E-state index contributed by atoms with van der Waals surface area (Å²) in [6, 6.07) is 17.9. The van der Waals surface area contributed by atoms with Crippen LogP contribution in [-0.4, -0.2) is 39.0 Å². The first kappa shape index (κ1) is 27.2. The molecule has 0 heterocycles. The van der Waals surface area contributed by atoms with Gasteiger partial charge in [-0.2, -0.15) is 0 Å². The van der Waals surface area contributed by atoms with Crippen LogP contribution >= 0.6 is 11.8 Å². The third-order valence-corrected chi connectivity index (χ3v) is 6.92. The molecule has 0 aliphatic carbocycles. The summed E-state index contributed by atoms with van der Waals surface area (Å²) in [5.41, 5.74) is 2.31. The highest BCUT2D eigenvalue weighted by atomic mass is 32.2. The molecule has 0 aliphatic heterocycles. The number of hydrogen-bond donors (Lipinski definition) is 1. The SMILES string of the molecule is Cc1cc(Sc2cc(C#Cc3ccc(S(C)(=O)=O)cc3)cc(OCC(C)C)c2)ccc1OCC(=O)O. The quantitative estimate of drug-likeness (QED) is 0.372. The van der Waals surface area contributed by atoms with Gasteiger partial charge in [0, 0.05) is 27.2 Å². The molecular formula is C28H28O6S2. The number of rotatable bonds is 9. The van der Waals surface area contributed by atoms with Crippen molar-refractivity contribution in [3.05, 3.63) is 77.4 Å². The molecule has 3 aromatic rings. The molecule has 8 heteroatoms. The Morgan fingerprint density at radius 1 is 0.944 bits per heavy atom. The van der Waals surface area contributed by atoms with Crippen molar-refractivity contribution >= 4 is 27.6 Å². The summed E-state index contributed by atoms with van der Waals surface area (Å²) in [7, 11) is -3.26. The Kier molecular flexibility index (Phi) is 9.08. The molecule has 0 saturated heterocycles. The highest BCUT2D eigenvalue weighted by Gasteiger charge is 2.09. The van der Waals surface area contributed by atoms with Crippen LogP contribution in [0.4, 0.5) is 0 Å². The average Bonchev–Trinajstić information content (AvgIpc) is 2.80. The van der Waals surface area contributed by atoms with Crippen LogP contribution in [0.5, 0.6) is 11.5 Å². The molecule has 0 aliphatic rings. The van der Waals surface area contributed by atoms with Gasteiger partial charge in [0.2, 0.25) is 0 Å². The number of ether oxygens (including phenoxy) is 2. The number of aliphatic carboxylic acids is 1. The van der Waals surface area contributed by atoms with Gasteiger partial charge in [-0.25, -0.2) is 13.2 Å². The maximum absolute atomic E-state index is 11.7. The first-order chi connectivity index (χ1) is 17.0. The van der Waals surface area contributed by atoms with E-state index in [-0.39, 0.29) is 11.5 Å². The lowest BCUT2D eigenvalue weighted by Gasteiger charge is -2.12. The fourth-order valence-corrected chi connectivity index (χ4v) is 4.74. The summed E-state index contributed by atoms with van der Waals surface area (Å²) in [4.78, 5) is 12.9. The van der Waals surface area contributed by atoms with E-state index in [1.54, 1.807) is 30.3 Å². The predicted molar refractivity (Wildman–Crippen MR) is 141 cm³/mol. The van der Waals surface area contributed by atoms with E-state index < -0.39 is 15.8 Å². The molecule has 0 bridgehead atoms. The molecule has 0 unspecified atom stereocenters. The Labute approximate surface area is 216 Å². The van der Waals surface area contributed by atoms with Crippen molar-refractivity contribution in [2.45, 2.75) is 35.5 Å². The molecule has 0 saturated carbocycles. The Morgan fingerprint density at radius 3 is 2.25 bits per heavy atom. The number of carbonyl (C=O) groups is 1. The van der Waals surface area contributed by atoms with Gasteiger partial charge in [0.05, 0.1) is 11.5 Å². The lowest BCUT2D eigenvalue weighted by molar-refractivity contribution is -0.139. The smallest absolute Gasteiger partial charge is 0.341 e. The monoisotopic (exact) mass is 524 g/mol. The van der Waals surface area contributed by atoms with Gasteiger partial charge in [0.1, 0.15) is 11.5 Å². The van der Waals surface area contributed by atoms with Gasteiger partial charge >= 0.3 is 5.97 Å². The van der Waals surface area contributed by atoms with E-state index >= 15 is 0 Å². The zero-order chi connectivity index (χ0) is 26.3. The lowest BCUT2D eigenvalue weighted by Crippen LogP contribution is -2.09. The maximum atomic E-state index is 11.7. The molecule has 36 heavy (non-hydrogen) atoms. The van der Waals surface area contributed by atoms with Crippen molar-refractivity contribution in [3.8, 4) is 23.3 Å². The molecule has 0 aromatic heterocycles. The van der Waals surface area contributed by atoms with Gasteiger partial charge in [-0.05, 0) is 79.1 Å². The van der Waals surface area contributed by atoms with E-state index in [1.807, 2.05) is 37.3 Å². The molecule has 1 N–H and O–H groups in total. The summed E-state index contributed by atoms with van der Waals surface area (Å²) in [6.45, 7) is 6.21. The van der Waals surface area contributed by atoms with Crippen LogP contribution in [0.2, 0.25) is 0 Å². The lowest BCUT2D eigenvalue weighted by atomic mass is 10.1. The van der Waals surface area contributed by atoms with Crippen molar-refractivity contribution in [2.75, 3.05) is 19.5 Å². The molecule has 3 aromatic carbocycles. The van der Waals surface area contributed by atoms with Crippen LogP contribution in [-0.2, 0) is 14.6 Å². The molecule has 0 spiro atoms. The second-order valence-electron chi connectivity index (χ2n) is 8.66. The molecule has 188 valence electrons. The molecule has 0 atom stereocenters. The van der Waals surface area contributed by atoms with Gasteiger partial charge in [0.25, 0.3) is 0 Å². The summed E-state index contributed by atoms with van der Waals surface area (Å²) >= 11 is 1.54. The molecule has 0 fully saturated rings. The van der Waals surface area contributed by atoms with E-state index in [2.05, 4.69) is 25.7 Å². The number of carboxylic acids is 1. The van der Waals surface area contributed by atoms with E-state index in [9.17, 15) is 13.2 Å². The van der Waals surface area contributed by atoms with Crippen LogP contribution in [0, 0.1) is 24.7 Å². The molecule has 3 rings (SSSR count). The van der Waals surface area contributed by atoms with Crippen LogP contribution in [0.25, 0.3) is 0 Å². The van der Waals surface area contributed by atoms with Crippen LogP contribution in [0.1, 0.15) is 30.5 Å². The van der Waals surface area contributed by atoms with Gasteiger partial charge in [-0.3, -0.25) is 0 Å². The van der Waals surface area contributed by atoms with E-state index in [0.717, 1.165) is 20.9 Å². The third-order valence-electron chi connectivity index (χ3n) is 4.83. The van der Waals surface area contributed by atoms with Crippen LogP contribution < -0.4 is 9.47 Å². The standard InChI is InChI=1S/C28H28O6S2/c1-19(2)17-33-23-14-22(6-5-21-7-10-26(11-8-21)36(4,31)32)15-25(16-23)35-24-9-12-27(20(3)13-24)34-18-28(29)30/h7-16,19H,17-18H2,1-4H3,(H,29,30). The second-order valence-corrected chi connectivity index (χ2v) is 11.8. The average molecular weight is 525 g/mol. The Bertz CT molecular complexity index is 1400. The van der Waals surface area contributed by atoms with Crippen molar-refractivity contribution < 1.29 is 27.8 Å². The first-order valence-electron chi connectivity index (χ1n) is 11.2. The van der Waals surface area contributed by atoms with Crippen LogP contribution in [0.3, 0.4) is 0 Å². The van der Waals surface area contributed by atoms with Gasteiger partial charge in [0.15, 0.2) is 16.4 Å². The topological polar surface area (TPSA) is 89.9 Å². The zero-order valence-electron chi connectivity index (χ0n) is 20.6. The van der Waals surface area contributed by atoms with E-state index in [1.165, 1.54) is 18.0 Å². The van der Waals surface area contributed by atoms with Gasteiger partial charge in [-0.15, -0.1) is 0 Å². The number of sulfone groups is 1. The number of benzene rings is 3. The normalized spacial score (nSPS) is 11.0. The van der Waals surface area contributed by atoms with Crippen molar-refractivity contribution in [1.29, 1.82) is 0 Å². The second kappa shape index (κ2) is 12.0. The Balaban J connectivity index is 1.86. The highest BCUT2D eigenvalue weighted by molar-refractivity contribution is 7.99. The molecular weight excluding hydrogens is 496 g/mol. The van der Waals surface area contributed by atoms with Crippen LogP contribution in [0.15, 0.2) is 75.4 Å². The fourth-order valence-electron chi connectivity index (χ4n) is 3.10. The van der Waals surface area contributed by atoms with E-state index in [0.29, 0.717) is 29.6 Å². The van der Waals surface area contributed by atoms with Crippen molar-refractivity contribution in [3.63, 3.8) is 0 Å². The summed E-state index contributed by atoms with van der Waals surface area (Å²) < 4.78 is 34.6. The minimum absolute atomic E-state index is 0.255. The fraction of sp³-hybridized carbons (Fsp3) is 0.250. The molecule has 0 amide bonds. The number of carboxylic acid groups (broad SMARTS) is 1. The Hall–Kier alpha value is -3.41. The molecule has 6 nitrogen and oxygen atoms in total. The largest absolute Gasteiger partial charge is 0.493 e. The Morgan fingerprint density at radius 2 is 1.64 bits per heavy atom. The molecule has 0 radical (unpaired) electrons. The van der Waals surface area contributed by atoms with E-state index in [4.69, 9.17) is 14.6 Å². The minimum atomic E-state index is -3.26. The van der Waals surface area contributed by atoms with Crippen molar-refractivity contribution in [2.24, 2.45) is 5.92 Å². The third kappa shape index (κ3) is 8.36. The highest BCUT2D eigenvalue weighted by Crippen LogP contribution is 2.34. The van der Waals surface area contributed by atoms with Crippen molar-refractivity contribution in [1.82, 2.24) is 0 Å². The number of aryl methyl sites for hydroxylation is 1. The predicted octanol–water partition coefficient (Wildman–Crippen LogP) is 5.45. The zero-order valence-corrected chi connectivity index (χ0v) is 22.2. The van der Waals surface area contributed by atoms with Gasteiger partial charge < -0.3 is 14.6 Å². The minimum Gasteiger partial charge on any atom is -0.493 e. The summed E-state index contributed by atoms with van der Waals surface area (Å²) in [5, 5.41) is 8.83. The number of hydrogen-bond acceptors (Lipinski definition) is 6. The summed E-state index contributed by atoms with van der Waals surface area (Å²) in [6.07, 6.45) is 1.17.